The summed E-state index contributed by atoms with van der Waals surface area (Å²) in [6.45, 7) is 4.40. The van der Waals surface area contributed by atoms with Crippen LogP contribution in [0.4, 0.5) is 4.39 Å². The molecule has 0 unspecified atom stereocenters. The number of benzene rings is 2. The second-order valence-corrected chi connectivity index (χ2v) is 5.59. The van der Waals surface area contributed by atoms with Gasteiger partial charge in [0.15, 0.2) is 17.2 Å². The number of ether oxygens (including phenoxy) is 1. The molecule has 1 heterocycles. The van der Waals surface area contributed by atoms with E-state index < -0.39 is 5.82 Å². The third-order valence-electron chi connectivity index (χ3n) is 3.80. The van der Waals surface area contributed by atoms with E-state index in [1.807, 2.05) is 31.2 Å². The van der Waals surface area contributed by atoms with E-state index in [4.69, 9.17) is 9.15 Å². The van der Waals surface area contributed by atoms with Crippen LogP contribution >= 0.6 is 0 Å². The fourth-order valence-electron chi connectivity index (χ4n) is 2.47. The number of hydrogen-bond donors (Lipinski definition) is 1. The summed E-state index contributed by atoms with van der Waals surface area (Å²) in [6.07, 6.45) is 0. The zero-order valence-electron chi connectivity index (χ0n) is 13.6. The van der Waals surface area contributed by atoms with Crippen LogP contribution in [0.25, 0.3) is 11.0 Å². The maximum Gasteiger partial charge on any atom is 0.287 e. The topological polar surface area (TPSA) is 51.5 Å². The standard InChI is InChI=1S/C19H18FNO3/c1-12-6-8-14(9-7-12)23-11-10-21-19(22)17-13(2)15-4-3-5-16(20)18(15)24-17/h3-9H,10-11H2,1-2H3,(H,21,22). The van der Waals surface area contributed by atoms with Gasteiger partial charge < -0.3 is 14.5 Å². The first-order chi connectivity index (χ1) is 11.6. The molecule has 0 aliphatic carbocycles. The Balaban J connectivity index is 1.60. The summed E-state index contributed by atoms with van der Waals surface area (Å²) in [4.78, 5) is 12.2. The number of hydrogen-bond acceptors (Lipinski definition) is 3. The number of nitrogens with one attached hydrogen (secondary N) is 1. The average Bonchev–Trinajstić information content (AvgIpc) is 2.92. The molecule has 124 valence electrons. The van der Waals surface area contributed by atoms with Crippen molar-refractivity contribution in [3.05, 3.63) is 65.2 Å². The van der Waals surface area contributed by atoms with E-state index in [1.54, 1.807) is 19.1 Å². The van der Waals surface area contributed by atoms with Gasteiger partial charge in [0, 0.05) is 10.9 Å². The number of amides is 1. The van der Waals surface area contributed by atoms with Crippen molar-refractivity contribution in [2.45, 2.75) is 13.8 Å². The minimum Gasteiger partial charge on any atom is -0.492 e. The lowest BCUT2D eigenvalue weighted by Crippen LogP contribution is -2.28. The molecule has 3 rings (SSSR count). The van der Waals surface area contributed by atoms with Gasteiger partial charge in [-0.1, -0.05) is 29.8 Å². The Kier molecular flexibility index (Phi) is 4.51. The van der Waals surface area contributed by atoms with Crippen LogP contribution in [0.2, 0.25) is 0 Å². The number of furan rings is 1. The van der Waals surface area contributed by atoms with E-state index in [-0.39, 0.29) is 17.3 Å². The van der Waals surface area contributed by atoms with Crippen LogP contribution in [0.1, 0.15) is 21.7 Å². The highest BCUT2D eigenvalue weighted by molar-refractivity contribution is 5.98. The molecule has 0 radical (unpaired) electrons. The maximum atomic E-state index is 13.7. The van der Waals surface area contributed by atoms with E-state index in [1.165, 1.54) is 6.07 Å². The Labute approximate surface area is 139 Å². The van der Waals surface area contributed by atoms with Crippen LogP contribution in [0, 0.1) is 19.7 Å². The van der Waals surface area contributed by atoms with Crippen molar-refractivity contribution in [1.29, 1.82) is 0 Å². The second-order valence-electron chi connectivity index (χ2n) is 5.59. The quantitative estimate of drug-likeness (QED) is 0.721. The van der Waals surface area contributed by atoms with Crippen molar-refractivity contribution in [2.24, 2.45) is 0 Å². The molecule has 5 heteroatoms. The third-order valence-corrected chi connectivity index (χ3v) is 3.80. The first-order valence-electron chi connectivity index (χ1n) is 7.71. The molecule has 4 nitrogen and oxygen atoms in total. The highest BCUT2D eigenvalue weighted by atomic mass is 19.1. The molecule has 0 saturated heterocycles. The van der Waals surface area contributed by atoms with Crippen LogP contribution in [0.3, 0.4) is 0 Å². The molecule has 0 aliphatic rings. The predicted molar refractivity (Wildman–Crippen MR) is 89.9 cm³/mol. The molecule has 3 aromatic rings. The van der Waals surface area contributed by atoms with Gasteiger partial charge in [0.05, 0.1) is 6.54 Å². The zero-order chi connectivity index (χ0) is 17.1. The van der Waals surface area contributed by atoms with Crippen LogP contribution in [-0.4, -0.2) is 19.1 Å². The lowest BCUT2D eigenvalue weighted by Gasteiger charge is -2.07. The first-order valence-corrected chi connectivity index (χ1v) is 7.71. The fraction of sp³-hybridized carbons (Fsp3) is 0.211. The lowest BCUT2D eigenvalue weighted by molar-refractivity contribution is 0.0920. The van der Waals surface area contributed by atoms with Gasteiger partial charge in [0.2, 0.25) is 0 Å². The zero-order valence-corrected chi connectivity index (χ0v) is 13.6. The van der Waals surface area contributed by atoms with E-state index in [2.05, 4.69) is 5.32 Å². The van der Waals surface area contributed by atoms with Gasteiger partial charge in [-0.25, -0.2) is 4.39 Å². The van der Waals surface area contributed by atoms with Crippen LogP contribution in [-0.2, 0) is 0 Å². The molecule has 1 N–H and O–H groups in total. The van der Waals surface area contributed by atoms with E-state index in [0.717, 1.165) is 11.3 Å². The van der Waals surface area contributed by atoms with Crippen molar-refractivity contribution in [3.8, 4) is 5.75 Å². The lowest BCUT2D eigenvalue weighted by atomic mass is 10.1. The van der Waals surface area contributed by atoms with E-state index in [0.29, 0.717) is 24.1 Å². The number of carbonyl (C=O) groups excluding carboxylic acids is 1. The Hall–Kier alpha value is -2.82. The molecule has 2 aromatic carbocycles. The van der Waals surface area contributed by atoms with Crippen LogP contribution in [0.15, 0.2) is 46.9 Å². The molecule has 1 aromatic heterocycles. The largest absolute Gasteiger partial charge is 0.492 e. The second kappa shape index (κ2) is 6.74. The van der Waals surface area contributed by atoms with Crippen molar-refractivity contribution in [1.82, 2.24) is 5.32 Å². The van der Waals surface area contributed by atoms with Crippen molar-refractivity contribution >= 4 is 16.9 Å². The molecule has 0 atom stereocenters. The maximum absolute atomic E-state index is 13.7. The smallest absolute Gasteiger partial charge is 0.287 e. The first kappa shape index (κ1) is 16.1. The van der Waals surface area contributed by atoms with Gasteiger partial charge in [-0.3, -0.25) is 4.79 Å². The van der Waals surface area contributed by atoms with Crippen LogP contribution < -0.4 is 10.1 Å². The SMILES string of the molecule is Cc1ccc(OCCNC(=O)c2oc3c(F)cccc3c2C)cc1. The van der Waals surface area contributed by atoms with Gasteiger partial charge in [-0.2, -0.15) is 0 Å². The number of fused-ring (bicyclic) bond motifs is 1. The summed E-state index contributed by atoms with van der Waals surface area (Å²) < 4.78 is 24.7. The summed E-state index contributed by atoms with van der Waals surface area (Å²) in [6, 6.07) is 12.3. The molecule has 1 amide bonds. The molecule has 0 saturated carbocycles. The van der Waals surface area contributed by atoms with E-state index in [9.17, 15) is 9.18 Å². The Bertz CT molecular complexity index is 868. The molecule has 0 spiro atoms. The number of aryl methyl sites for hydroxylation is 2. The Morgan fingerprint density at radius 3 is 2.62 bits per heavy atom. The Morgan fingerprint density at radius 1 is 1.17 bits per heavy atom. The fourth-order valence-corrected chi connectivity index (χ4v) is 2.47. The normalized spacial score (nSPS) is 10.8. The third kappa shape index (κ3) is 3.25. The summed E-state index contributed by atoms with van der Waals surface area (Å²) in [5.41, 5.74) is 1.89. The summed E-state index contributed by atoms with van der Waals surface area (Å²) in [7, 11) is 0. The molecular formula is C19H18FNO3. The van der Waals surface area contributed by atoms with Crippen molar-refractivity contribution in [3.63, 3.8) is 0 Å². The van der Waals surface area contributed by atoms with E-state index >= 15 is 0 Å². The highest BCUT2D eigenvalue weighted by Crippen LogP contribution is 2.27. The number of halogens is 1. The minimum absolute atomic E-state index is 0.107. The number of carbonyl (C=O) groups is 1. The van der Waals surface area contributed by atoms with Gasteiger partial charge in [-0.15, -0.1) is 0 Å². The average molecular weight is 327 g/mol. The summed E-state index contributed by atoms with van der Waals surface area (Å²) in [5, 5.41) is 3.33. The Morgan fingerprint density at radius 2 is 1.92 bits per heavy atom. The monoisotopic (exact) mass is 327 g/mol. The van der Waals surface area contributed by atoms with Gasteiger partial charge in [-0.05, 0) is 32.0 Å². The van der Waals surface area contributed by atoms with Crippen LogP contribution in [0.5, 0.6) is 5.75 Å². The molecular weight excluding hydrogens is 309 g/mol. The summed E-state index contributed by atoms with van der Waals surface area (Å²) in [5.74, 6) is 0.0234. The molecule has 24 heavy (non-hydrogen) atoms. The van der Waals surface area contributed by atoms with Gasteiger partial charge in [0.25, 0.3) is 5.91 Å². The highest BCUT2D eigenvalue weighted by Gasteiger charge is 2.19. The molecule has 0 aliphatic heterocycles. The molecule has 0 fully saturated rings. The number of para-hydroxylation sites is 1. The van der Waals surface area contributed by atoms with Crippen molar-refractivity contribution in [2.75, 3.05) is 13.2 Å². The minimum atomic E-state index is -0.475. The van der Waals surface area contributed by atoms with Gasteiger partial charge >= 0.3 is 0 Å². The predicted octanol–water partition coefficient (Wildman–Crippen LogP) is 4.00. The van der Waals surface area contributed by atoms with Crippen molar-refractivity contribution < 1.29 is 18.3 Å². The summed E-state index contributed by atoms with van der Waals surface area (Å²) >= 11 is 0. The number of rotatable bonds is 5. The molecule has 0 bridgehead atoms. The van der Waals surface area contributed by atoms with Gasteiger partial charge in [0.1, 0.15) is 12.4 Å².